The average molecular weight is 437 g/mol. The fourth-order valence-corrected chi connectivity index (χ4v) is 4.67. The Bertz CT molecular complexity index is 1160. The van der Waals surface area contributed by atoms with E-state index in [9.17, 15) is 14.7 Å². The van der Waals surface area contributed by atoms with Crippen LogP contribution < -0.4 is 4.90 Å². The number of nitrogens with zero attached hydrogens (tertiary/aromatic N) is 4. The van der Waals surface area contributed by atoms with Crippen molar-refractivity contribution in [2.75, 3.05) is 18.0 Å². The molecule has 2 aliphatic heterocycles. The number of aromatic nitrogens is 2. The van der Waals surface area contributed by atoms with Crippen LogP contribution >= 0.6 is 11.6 Å². The van der Waals surface area contributed by atoms with Crippen molar-refractivity contribution in [2.45, 2.75) is 31.0 Å². The highest BCUT2D eigenvalue weighted by Crippen LogP contribution is 2.44. The number of fused-ring (bicyclic) bond motifs is 2. The lowest BCUT2D eigenvalue weighted by Crippen LogP contribution is -2.46. The molecule has 5 rings (SSSR count). The smallest absolute Gasteiger partial charge is 0.250 e. The number of carbonyl (C=O) groups excluding carboxylic acids is 2. The summed E-state index contributed by atoms with van der Waals surface area (Å²) in [6.07, 6.45) is 1.57. The summed E-state index contributed by atoms with van der Waals surface area (Å²) < 4.78 is 0. The number of pyridine rings is 2. The highest BCUT2D eigenvalue weighted by molar-refractivity contribution is 6.29. The molecule has 1 saturated heterocycles. The number of likely N-dealkylation sites (tertiary alicyclic amines) is 1. The number of aliphatic hydroxyl groups is 1. The quantitative estimate of drug-likeness (QED) is 0.501. The third kappa shape index (κ3) is 3.43. The summed E-state index contributed by atoms with van der Waals surface area (Å²) in [5.74, 6) is 0.399. The molecule has 8 heteroatoms. The van der Waals surface area contributed by atoms with Crippen molar-refractivity contribution >= 4 is 40.6 Å². The second-order valence-electron chi connectivity index (χ2n) is 7.93. The van der Waals surface area contributed by atoms with Gasteiger partial charge in [0.25, 0.3) is 0 Å². The first-order valence-electron chi connectivity index (χ1n) is 10.3. The minimum Gasteiger partial charge on any atom is -0.393 e. The molecule has 0 spiro atoms. The second-order valence-corrected chi connectivity index (χ2v) is 8.31. The molecular formula is C23H21ClN4O3. The number of carbonyl (C=O) groups is 2. The number of benzene rings is 1. The predicted octanol–water partition coefficient (Wildman–Crippen LogP) is 3.07. The summed E-state index contributed by atoms with van der Waals surface area (Å²) in [7, 11) is 0. The number of aliphatic hydroxyl groups excluding tert-OH is 1. The standard InChI is InChI=1S/C23H21ClN4O3/c24-19-7-5-14-6-8-20(26-22(14)25-19)28-18(13-29)16-3-1-2-4-17(16)21(28)23(31)27-11-9-15(30)10-12-27/h1-8,13,15,18,21,30H,9-12H2. The van der Waals surface area contributed by atoms with E-state index in [4.69, 9.17) is 11.6 Å². The maximum atomic E-state index is 13.7. The van der Waals surface area contributed by atoms with Gasteiger partial charge < -0.3 is 19.7 Å². The molecule has 1 aromatic carbocycles. The minimum absolute atomic E-state index is 0.0929. The lowest BCUT2D eigenvalue weighted by atomic mass is 10.0. The van der Waals surface area contributed by atoms with E-state index in [1.807, 2.05) is 36.4 Å². The van der Waals surface area contributed by atoms with E-state index < -0.39 is 12.1 Å². The first-order chi connectivity index (χ1) is 15.1. The van der Waals surface area contributed by atoms with Gasteiger partial charge in [0.1, 0.15) is 29.3 Å². The number of hydrogen-bond acceptors (Lipinski definition) is 6. The van der Waals surface area contributed by atoms with Crippen LogP contribution in [0.4, 0.5) is 5.82 Å². The molecule has 158 valence electrons. The van der Waals surface area contributed by atoms with Crippen LogP contribution in [-0.4, -0.2) is 51.4 Å². The van der Waals surface area contributed by atoms with Crippen LogP contribution in [0.1, 0.15) is 36.1 Å². The van der Waals surface area contributed by atoms with Gasteiger partial charge in [-0.05, 0) is 48.2 Å². The Morgan fingerprint density at radius 3 is 2.48 bits per heavy atom. The molecule has 2 aromatic heterocycles. The molecule has 0 saturated carbocycles. The van der Waals surface area contributed by atoms with Gasteiger partial charge in [-0.3, -0.25) is 4.79 Å². The van der Waals surface area contributed by atoms with Crippen LogP contribution in [-0.2, 0) is 9.59 Å². The molecule has 2 unspecified atom stereocenters. The zero-order valence-electron chi connectivity index (χ0n) is 16.7. The van der Waals surface area contributed by atoms with Crippen molar-refractivity contribution in [1.29, 1.82) is 0 Å². The molecule has 4 heterocycles. The molecule has 2 atom stereocenters. The van der Waals surface area contributed by atoms with E-state index in [1.165, 1.54) is 0 Å². The Morgan fingerprint density at radius 2 is 1.74 bits per heavy atom. The number of rotatable bonds is 3. The van der Waals surface area contributed by atoms with Gasteiger partial charge >= 0.3 is 0 Å². The molecule has 1 amide bonds. The number of halogens is 1. The summed E-state index contributed by atoms with van der Waals surface area (Å²) >= 11 is 6.05. The van der Waals surface area contributed by atoms with Crippen molar-refractivity contribution in [3.63, 3.8) is 0 Å². The molecule has 0 radical (unpaired) electrons. The minimum atomic E-state index is -0.675. The molecular weight excluding hydrogens is 416 g/mol. The first kappa shape index (κ1) is 19.9. The lowest BCUT2D eigenvalue weighted by Gasteiger charge is -2.35. The normalized spacial score (nSPS) is 21.4. The Hall–Kier alpha value is -3.03. The molecule has 31 heavy (non-hydrogen) atoms. The molecule has 3 aromatic rings. The number of anilines is 1. The zero-order chi connectivity index (χ0) is 21.5. The van der Waals surface area contributed by atoms with Crippen LogP contribution in [0.2, 0.25) is 5.15 Å². The monoisotopic (exact) mass is 436 g/mol. The summed E-state index contributed by atoms with van der Waals surface area (Å²) in [6.45, 7) is 0.973. The zero-order valence-corrected chi connectivity index (χ0v) is 17.4. The SMILES string of the molecule is O=CC1c2ccccc2C(C(=O)N2CCC(O)CC2)N1c1ccc2ccc(Cl)nc2n1. The number of hydrogen-bond donors (Lipinski definition) is 1. The van der Waals surface area contributed by atoms with E-state index in [1.54, 1.807) is 21.9 Å². The van der Waals surface area contributed by atoms with Gasteiger partial charge in [0.05, 0.1) is 6.10 Å². The molecule has 0 aliphatic carbocycles. The van der Waals surface area contributed by atoms with Crippen molar-refractivity contribution in [3.05, 3.63) is 64.8 Å². The van der Waals surface area contributed by atoms with Gasteiger partial charge in [0.15, 0.2) is 5.65 Å². The third-order valence-electron chi connectivity index (χ3n) is 6.09. The van der Waals surface area contributed by atoms with Crippen molar-refractivity contribution < 1.29 is 14.7 Å². The molecule has 0 bridgehead atoms. The first-order valence-corrected chi connectivity index (χ1v) is 10.7. The van der Waals surface area contributed by atoms with Gasteiger partial charge in [-0.2, -0.15) is 0 Å². The van der Waals surface area contributed by atoms with Crippen molar-refractivity contribution in [3.8, 4) is 0 Å². The second kappa shape index (κ2) is 7.90. The Kier molecular flexibility index (Phi) is 5.08. The largest absolute Gasteiger partial charge is 0.393 e. The highest BCUT2D eigenvalue weighted by Gasteiger charge is 2.44. The summed E-state index contributed by atoms with van der Waals surface area (Å²) in [5, 5.41) is 11.0. The summed E-state index contributed by atoms with van der Waals surface area (Å²) in [5.41, 5.74) is 2.06. The molecule has 7 nitrogen and oxygen atoms in total. The van der Waals surface area contributed by atoms with Crippen molar-refractivity contribution in [2.24, 2.45) is 0 Å². The number of piperidine rings is 1. The molecule has 2 aliphatic rings. The maximum Gasteiger partial charge on any atom is 0.250 e. The third-order valence-corrected chi connectivity index (χ3v) is 6.30. The van der Waals surface area contributed by atoms with Gasteiger partial charge in [0.2, 0.25) is 5.91 Å². The van der Waals surface area contributed by atoms with Gasteiger partial charge in [-0.25, -0.2) is 9.97 Å². The van der Waals surface area contributed by atoms with Crippen molar-refractivity contribution in [1.82, 2.24) is 14.9 Å². The highest BCUT2D eigenvalue weighted by atomic mass is 35.5. The topological polar surface area (TPSA) is 86.6 Å². The Labute approximate surface area is 184 Å². The fraction of sp³-hybridized carbons (Fsp3) is 0.304. The van der Waals surface area contributed by atoms with E-state index in [0.717, 1.165) is 22.8 Å². The molecule has 1 fully saturated rings. The van der Waals surface area contributed by atoms with Crippen LogP contribution in [0, 0.1) is 0 Å². The van der Waals surface area contributed by atoms with E-state index in [0.29, 0.717) is 42.5 Å². The van der Waals surface area contributed by atoms with Crippen LogP contribution in [0.5, 0.6) is 0 Å². The van der Waals surface area contributed by atoms with E-state index in [-0.39, 0.29) is 12.0 Å². The van der Waals surface area contributed by atoms with Crippen LogP contribution in [0.15, 0.2) is 48.5 Å². The Balaban J connectivity index is 1.61. The number of amides is 1. The van der Waals surface area contributed by atoms with Crippen LogP contribution in [0.25, 0.3) is 11.0 Å². The van der Waals surface area contributed by atoms with Crippen LogP contribution in [0.3, 0.4) is 0 Å². The predicted molar refractivity (Wildman–Crippen MR) is 117 cm³/mol. The van der Waals surface area contributed by atoms with E-state index >= 15 is 0 Å². The summed E-state index contributed by atoms with van der Waals surface area (Å²) in [6, 6.07) is 13.4. The molecule has 1 N–H and O–H groups in total. The van der Waals surface area contributed by atoms with Gasteiger partial charge in [-0.15, -0.1) is 0 Å². The number of aldehydes is 1. The van der Waals surface area contributed by atoms with Gasteiger partial charge in [-0.1, -0.05) is 35.9 Å². The average Bonchev–Trinajstić information content (AvgIpc) is 3.13. The fourth-order valence-electron chi connectivity index (χ4n) is 4.52. The summed E-state index contributed by atoms with van der Waals surface area (Å²) in [4.78, 5) is 38.3. The Morgan fingerprint density at radius 1 is 1.03 bits per heavy atom. The lowest BCUT2D eigenvalue weighted by molar-refractivity contribution is -0.134. The maximum absolute atomic E-state index is 13.7. The van der Waals surface area contributed by atoms with Gasteiger partial charge in [0, 0.05) is 18.5 Å². The van der Waals surface area contributed by atoms with E-state index in [2.05, 4.69) is 9.97 Å².